The molecule has 21 heavy (non-hydrogen) atoms. The highest BCUT2D eigenvalue weighted by atomic mass is 79.9. The molecule has 0 bridgehead atoms. The van der Waals surface area contributed by atoms with E-state index in [1.165, 1.54) is 10.8 Å². The van der Waals surface area contributed by atoms with Gasteiger partial charge in [-0.05, 0) is 11.5 Å². The summed E-state index contributed by atoms with van der Waals surface area (Å²) in [6.45, 7) is 2.10. The zero-order chi connectivity index (χ0) is 12.9. The molecule has 0 aliphatic heterocycles. The van der Waals surface area contributed by atoms with Gasteiger partial charge in [0.1, 0.15) is 0 Å². The summed E-state index contributed by atoms with van der Waals surface area (Å²) in [6, 6.07) is 16.9. The van der Waals surface area contributed by atoms with Gasteiger partial charge in [-0.2, -0.15) is 0 Å². The van der Waals surface area contributed by atoms with Crippen LogP contribution in [0.5, 0.6) is 0 Å². The predicted octanol–water partition coefficient (Wildman–Crippen LogP) is -3.49. The minimum atomic E-state index is 0. The Morgan fingerprint density at radius 3 is 2.05 bits per heavy atom. The second-order valence-electron chi connectivity index (χ2n) is 4.78. The van der Waals surface area contributed by atoms with Crippen LogP contribution in [0.3, 0.4) is 0 Å². The molecule has 2 aromatic heterocycles. The van der Waals surface area contributed by atoms with Crippen LogP contribution in [0, 0.1) is 0 Å². The van der Waals surface area contributed by atoms with Gasteiger partial charge in [0.15, 0.2) is 37.9 Å². The van der Waals surface area contributed by atoms with E-state index in [0.717, 1.165) is 19.5 Å². The first kappa shape index (κ1) is 17.8. The highest BCUT2D eigenvalue weighted by Gasteiger charge is 2.05. The van der Waals surface area contributed by atoms with Crippen LogP contribution in [0.15, 0.2) is 73.3 Å². The number of fused-ring (bicyclic) bond motifs is 1. The van der Waals surface area contributed by atoms with Crippen LogP contribution in [0.2, 0.25) is 0 Å². The van der Waals surface area contributed by atoms with Crippen molar-refractivity contribution in [3.63, 3.8) is 0 Å². The molecule has 0 aliphatic carbocycles. The Labute approximate surface area is 146 Å². The van der Waals surface area contributed by atoms with E-state index >= 15 is 0 Å². The Morgan fingerprint density at radius 2 is 1.29 bits per heavy atom. The fraction of sp³-hybridized carbons (Fsp3) is 0.176. The Balaban J connectivity index is 0.00000110. The second-order valence-corrected chi connectivity index (χ2v) is 4.78. The van der Waals surface area contributed by atoms with Crippen molar-refractivity contribution in [3.05, 3.63) is 73.3 Å². The number of aromatic nitrogens is 2. The van der Waals surface area contributed by atoms with Gasteiger partial charge in [-0.25, -0.2) is 9.13 Å². The normalized spacial score (nSPS) is 9.71. The summed E-state index contributed by atoms with van der Waals surface area (Å²) in [6.07, 6.45) is 9.76. The molecule has 0 saturated carbocycles. The Bertz CT molecular complexity index is 672. The molecule has 3 aromatic rings. The zero-order valence-corrected chi connectivity index (χ0v) is 14.9. The van der Waals surface area contributed by atoms with Gasteiger partial charge in [0, 0.05) is 23.6 Å². The van der Waals surface area contributed by atoms with Crippen LogP contribution in [-0.2, 0) is 13.1 Å². The van der Waals surface area contributed by atoms with Crippen LogP contribution < -0.4 is 43.1 Å². The predicted molar refractivity (Wildman–Crippen MR) is 75.4 cm³/mol. The van der Waals surface area contributed by atoms with Gasteiger partial charge in [-0.3, -0.25) is 0 Å². The lowest BCUT2D eigenvalue weighted by atomic mass is 10.2. The molecule has 0 atom stereocenters. The number of halogens is 2. The molecular formula is C17H18Br2N2. The number of hydrogen-bond acceptors (Lipinski definition) is 0. The Hall–Kier alpha value is -1.26. The van der Waals surface area contributed by atoms with Crippen LogP contribution in [0.4, 0.5) is 0 Å². The molecule has 0 amide bonds. The molecule has 1 aromatic carbocycles. The summed E-state index contributed by atoms with van der Waals surface area (Å²) in [4.78, 5) is 0. The topological polar surface area (TPSA) is 7.76 Å². The number of hydrogen-bond donors (Lipinski definition) is 0. The SMILES string of the molecule is [Br-].[Br-].c1cc[n+](CCC[n+]2ccc3ccccc3c2)cc1. The Morgan fingerprint density at radius 1 is 0.619 bits per heavy atom. The van der Waals surface area contributed by atoms with Gasteiger partial charge in [0.2, 0.25) is 0 Å². The van der Waals surface area contributed by atoms with Crippen LogP contribution >= 0.6 is 0 Å². The maximum absolute atomic E-state index is 2.27. The number of rotatable bonds is 4. The van der Waals surface area contributed by atoms with Gasteiger partial charge >= 0.3 is 0 Å². The summed E-state index contributed by atoms with van der Waals surface area (Å²) in [5, 5.41) is 2.61. The van der Waals surface area contributed by atoms with Crippen molar-refractivity contribution in [2.24, 2.45) is 0 Å². The number of benzene rings is 1. The first-order chi connectivity index (χ1) is 9.42. The zero-order valence-electron chi connectivity index (χ0n) is 11.7. The van der Waals surface area contributed by atoms with Crippen molar-refractivity contribution < 1.29 is 43.1 Å². The van der Waals surface area contributed by atoms with Crippen molar-refractivity contribution in [2.45, 2.75) is 19.5 Å². The summed E-state index contributed by atoms with van der Waals surface area (Å²) < 4.78 is 4.49. The molecule has 2 heterocycles. The monoisotopic (exact) mass is 408 g/mol. The van der Waals surface area contributed by atoms with E-state index in [0.29, 0.717) is 0 Å². The van der Waals surface area contributed by atoms with Crippen molar-refractivity contribution in [3.8, 4) is 0 Å². The smallest absolute Gasteiger partial charge is 0.176 e. The lowest BCUT2D eigenvalue weighted by molar-refractivity contribution is -0.726. The maximum atomic E-state index is 2.27. The maximum Gasteiger partial charge on any atom is 0.176 e. The van der Waals surface area contributed by atoms with E-state index < -0.39 is 0 Å². The van der Waals surface area contributed by atoms with Gasteiger partial charge < -0.3 is 34.0 Å². The van der Waals surface area contributed by atoms with Gasteiger partial charge in [-0.1, -0.05) is 24.3 Å². The molecule has 0 radical (unpaired) electrons. The average molecular weight is 410 g/mol. The summed E-state index contributed by atoms with van der Waals surface area (Å²) in [7, 11) is 0. The first-order valence-electron chi connectivity index (χ1n) is 6.74. The van der Waals surface area contributed by atoms with E-state index in [2.05, 4.69) is 82.5 Å². The van der Waals surface area contributed by atoms with E-state index in [9.17, 15) is 0 Å². The average Bonchev–Trinajstić information content (AvgIpc) is 2.48. The molecule has 3 rings (SSSR count). The third-order valence-electron chi connectivity index (χ3n) is 3.36. The number of nitrogens with zero attached hydrogens (tertiary/aromatic N) is 2. The molecule has 110 valence electrons. The molecule has 0 N–H and O–H groups in total. The van der Waals surface area contributed by atoms with E-state index in [4.69, 9.17) is 0 Å². The standard InChI is InChI=1S/C17H18N2.2BrH/c1-4-10-18(11-5-1)12-6-13-19-14-9-16-7-2-3-8-17(16)15-19;;/h1-5,7-11,14-15H,6,12-13H2;2*1H/q+2;;/p-2. The van der Waals surface area contributed by atoms with Crippen molar-refractivity contribution >= 4 is 10.8 Å². The van der Waals surface area contributed by atoms with E-state index in [-0.39, 0.29) is 34.0 Å². The van der Waals surface area contributed by atoms with Crippen LogP contribution in [0.25, 0.3) is 10.8 Å². The summed E-state index contributed by atoms with van der Waals surface area (Å²) in [5.74, 6) is 0. The molecule has 0 unspecified atom stereocenters. The van der Waals surface area contributed by atoms with Crippen molar-refractivity contribution in [2.75, 3.05) is 0 Å². The van der Waals surface area contributed by atoms with Gasteiger partial charge in [0.25, 0.3) is 0 Å². The molecule has 2 nitrogen and oxygen atoms in total. The number of pyridine rings is 2. The first-order valence-corrected chi connectivity index (χ1v) is 6.74. The summed E-state index contributed by atoms with van der Waals surface area (Å²) in [5.41, 5.74) is 0. The second kappa shape index (κ2) is 8.90. The Kier molecular flexibility index (Phi) is 7.54. The highest BCUT2D eigenvalue weighted by molar-refractivity contribution is 5.80. The lowest BCUT2D eigenvalue weighted by Crippen LogP contribution is -3.00. The van der Waals surface area contributed by atoms with Gasteiger partial charge in [-0.15, -0.1) is 0 Å². The van der Waals surface area contributed by atoms with Crippen LogP contribution in [-0.4, -0.2) is 0 Å². The quantitative estimate of drug-likeness (QED) is 0.395. The minimum Gasteiger partial charge on any atom is -1.00 e. The van der Waals surface area contributed by atoms with E-state index in [1.807, 2.05) is 0 Å². The molecule has 0 fully saturated rings. The minimum absolute atomic E-state index is 0. The largest absolute Gasteiger partial charge is 1.00 e. The molecule has 4 heteroatoms. The van der Waals surface area contributed by atoms with Crippen LogP contribution in [0.1, 0.15) is 6.42 Å². The molecule has 0 spiro atoms. The molecular weight excluding hydrogens is 392 g/mol. The summed E-state index contributed by atoms with van der Waals surface area (Å²) >= 11 is 0. The molecule has 0 saturated heterocycles. The fourth-order valence-electron chi connectivity index (χ4n) is 2.34. The number of aryl methyl sites for hydroxylation is 2. The third kappa shape index (κ3) is 4.90. The highest BCUT2D eigenvalue weighted by Crippen LogP contribution is 2.09. The fourth-order valence-corrected chi connectivity index (χ4v) is 2.34. The van der Waals surface area contributed by atoms with Crippen molar-refractivity contribution in [1.29, 1.82) is 0 Å². The van der Waals surface area contributed by atoms with Gasteiger partial charge in [0.05, 0.1) is 6.42 Å². The van der Waals surface area contributed by atoms with E-state index in [1.54, 1.807) is 0 Å². The molecule has 0 aliphatic rings. The van der Waals surface area contributed by atoms with Crippen molar-refractivity contribution in [1.82, 2.24) is 0 Å². The third-order valence-corrected chi connectivity index (χ3v) is 3.36. The lowest BCUT2D eigenvalue weighted by Gasteiger charge is -1.98.